The predicted molar refractivity (Wildman–Crippen MR) is 144 cm³/mol. The van der Waals surface area contributed by atoms with Crippen molar-refractivity contribution in [2.45, 2.75) is 41.5 Å². The summed E-state index contributed by atoms with van der Waals surface area (Å²) in [4.78, 5) is 63.3. The van der Waals surface area contributed by atoms with Crippen LogP contribution in [0.2, 0.25) is 0 Å². The Hall–Kier alpha value is -2.89. The summed E-state index contributed by atoms with van der Waals surface area (Å²) in [7, 11) is 0. The van der Waals surface area contributed by atoms with Crippen molar-refractivity contribution < 1.29 is 78.3 Å². The van der Waals surface area contributed by atoms with Crippen LogP contribution in [0.15, 0.2) is 0 Å². The molecule has 43 heavy (non-hydrogen) atoms. The highest BCUT2D eigenvalue weighted by atomic mass is 16.6. The van der Waals surface area contributed by atoms with Crippen LogP contribution in [-0.2, 0) is 47.7 Å². The molecule has 0 radical (unpaired) electrons. The number of hydrogen-bond acceptors (Lipinski definition) is 16. The first-order valence-corrected chi connectivity index (χ1v) is 13.4. The molecule has 0 aromatic carbocycles. The molecule has 16 heteroatoms. The maximum absolute atomic E-state index is 13.2. The Morgan fingerprint density at radius 3 is 0.860 bits per heavy atom. The number of hydrogen-bond donors (Lipinski definition) is 6. The second kappa shape index (κ2) is 16.8. The van der Waals surface area contributed by atoms with Crippen LogP contribution >= 0.6 is 0 Å². The molecule has 6 N–H and O–H groups in total. The number of esters is 5. The lowest BCUT2D eigenvalue weighted by Crippen LogP contribution is -2.47. The van der Waals surface area contributed by atoms with Gasteiger partial charge in [-0.1, -0.05) is 0 Å². The fraction of sp³-hybridized carbons (Fsp3) is 0.815. The molecular weight excluding hydrogens is 580 g/mol. The van der Waals surface area contributed by atoms with E-state index in [1.807, 2.05) is 0 Å². The van der Waals surface area contributed by atoms with Gasteiger partial charge in [-0.2, -0.15) is 0 Å². The van der Waals surface area contributed by atoms with Crippen molar-refractivity contribution in [3.63, 3.8) is 0 Å². The topological polar surface area (TPSA) is 253 Å². The van der Waals surface area contributed by atoms with Crippen molar-refractivity contribution in [3.8, 4) is 0 Å². The average Bonchev–Trinajstić information content (AvgIpc) is 3.02. The van der Waals surface area contributed by atoms with Crippen LogP contribution in [0.1, 0.15) is 41.5 Å². The monoisotopic (exact) mass is 626 g/mol. The van der Waals surface area contributed by atoms with Gasteiger partial charge in [-0.05, 0) is 41.5 Å². The smallest absolute Gasteiger partial charge is 0.318 e. The molecule has 0 saturated carbocycles. The molecule has 0 amide bonds. The van der Waals surface area contributed by atoms with Crippen LogP contribution in [0.3, 0.4) is 0 Å². The van der Waals surface area contributed by atoms with Crippen LogP contribution in [-0.4, -0.2) is 133 Å². The van der Waals surface area contributed by atoms with E-state index in [-0.39, 0.29) is 6.61 Å². The molecule has 0 aliphatic carbocycles. The third-order valence-corrected chi connectivity index (χ3v) is 6.92. The Labute approximate surface area is 249 Å². The molecule has 0 aromatic rings. The van der Waals surface area contributed by atoms with E-state index < -0.39 is 123 Å². The van der Waals surface area contributed by atoms with E-state index >= 15 is 0 Å². The molecular formula is C27H46O16. The van der Waals surface area contributed by atoms with Crippen LogP contribution in [0.5, 0.6) is 0 Å². The SMILES string of the molecule is CCOC(=O)C(C)(CO)COC(=O)C(C)(COC(=O)C(C)(CO)CO)COC(=O)C(C)(CO)COC(=O)C(C)(CO)CO. The lowest BCUT2D eigenvalue weighted by atomic mass is 9.89. The van der Waals surface area contributed by atoms with Gasteiger partial charge >= 0.3 is 29.8 Å². The first-order chi connectivity index (χ1) is 19.9. The maximum atomic E-state index is 13.2. The van der Waals surface area contributed by atoms with E-state index in [4.69, 9.17) is 23.7 Å². The summed E-state index contributed by atoms with van der Waals surface area (Å²) >= 11 is 0. The molecule has 0 rings (SSSR count). The van der Waals surface area contributed by atoms with Gasteiger partial charge in [0.1, 0.15) is 53.5 Å². The number of carbonyl (C=O) groups excluding carboxylic acids is 5. The van der Waals surface area contributed by atoms with E-state index in [9.17, 15) is 54.6 Å². The summed E-state index contributed by atoms with van der Waals surface area (Å²) in [5.41, 5.74) is -8.94. The second-order valence-corrected chi connectivity index (χ2v) is 11.8. The van der Waals surface area contributed by atoms with Crippen LogP contribution < -0.4 is 0 Å². The van der Waals surface area contributed by atoms with Crippen molar-refractivity contribution in [1.29, 1.82) is 0 Å². The van der Waals surface area contributed by atoms with Gasteiger partial charge < -0.3 is 54.3 Å². The third kappa shape index (κ3) is 10.4. The molecule has 0 saturated heterocycles. The lowest BCUT2D eigenvalue weighted by Gasteiger charge is -2.32. The third-order valence-electron chi connectivity index (χ3n) is 6.92. The fourth-order valence-corrected chi connectivity index (χ4v) is 2.76. The molecule has 16 nitrogen and oxygen atoms in total. The zero-order valence-corrected chi connectivity index (χ0v) is 25.5. The summed E-state index contributed by atoms with van der Waals surface area (Å²) < 4.78 is 25.6. The van der Waals surface area contributed by atoms with Crippen molar-refractivity contribution in [2.75, 3.05) is 72.7 Å². The Bertz CT molecular complexity index is 959. The molecule has 0 bridgehead atoms. The van der Waals surface area contributed by atoms with Crippen LogP contribution in [0.4, 0.5) is 0 Å². The maximum Gasteiger partial charge on any atom is 0.318 e. The highest BCUT2D eigenvalue weighted by Gasteiger charge is 2.46. The van der Waals surface area contributed by atoms with Gasteiger partial charge in [0.15, 0.2) is 0 Å². The van der Waals surface area contributed by atoms with E-state index in [0.29, 0.717) is 0 Å². The minimum Gasteiger partial charge on any atom is -0.465 e. The van der Waals surface area contributed by atoms with Crippen molar-refractivity contribution in [3.05, 3.63) is 0 Å². The molecule has 3 unspecified atom stereocenters. The summed E-state index contributed by atoms with van der Waals surface area (Å²) in [6.07, 6.45) is 0. The van der Waals surface area contributed by atoms with E-state index in [1.54, 1.807) is 0 Å². The minimum absolute atomic E-state index is 0.0152. The number of ether oxygens (including phenoxy) is 5. The Morgan fingerprint density at radius 1 is 0.395 bits per heavy atom. The summed E-state index contributed by atoms with van der Waals surface area (Å²) in [6, 6.07) is 0. The highest BCUT2D eigenvalue weighted by Crippen LogP contribution is 2.28. The zero-order chi connectivity index (χ0) is 33.7. The zero-order valence-electron chi connectivity index (χ0n) is 25.5. The highest BCUT2D eigenvalue weighted by molar-refractivity contribution is 5.82. The molecule has 0 aromatic heterocycles. The molecule has 0 spiro atoms. The Kier molecular flexibility index (Phi) is 15.7. The van der Waals surface area contributed by atoms with Gasteiger partial charge in [0.25, 0.3) is 0 Å². The predicted octanol–water partition coefficient (Wildman–Crippen LogP) is -2.29. The van der Waals surface area contributed by atoms with Gasteiger partial charge in [0.05, 0.1) is 46.2 Å². The summed E-state index contributed by atoms with van der Waals surface area (Å²) in [6.45, 7) is -0.297. The first-order valence-electron chi connectivity index (χ1n) is 13.4. The van der Waals surface area contributed by atoms with Gasteiger partial charge in [-0.3, -0.25) is 24.0 Å². The largest absolute Gasteiger partial charge is 0.465 e. The molecule has 0 aliphatic rings. The van der Waals surface area contributed by atoms with Gasteiger partial charge in [-0.25, -0.2) is 0 Å². The lowest BCUT2D eigenvalue weighted by molar-refractivity contribution is -0.183. The quantitative estimate of drug-likeness (QED) is 0.0614. The Morgan fingerprint density at radius 2 is 0.605 bits per heavy atom. The molecule has 250 valence electrons. The van der Waals surface area contributed by atoms with E-state index in [2.05, 4.69) is 0 Å². The summed E-state index contributed by atoms with van der Waals surface area (Å²) in [5, 5.41) is 57.3. The fourth-order valence-electron chi connectivity index (χ4n) is 2.76. The van der Waals surface area contributed by atoms with Gasteiger partial charge in [0, 0.05) is 0 Å². The number of carbonyl (C=O) groups is 5. The normalized spacial score (nSPS) is 16.1. The van der Waals surface area contributed by atoms with E-state index in [1.165, 1.54) is 41.5 Å². The van der Waals surface area contributed by atoms with Gasteiger partial charge in [0.2, 0.25) is 0 Å². The average molecular weight is 627 g/mol. The number of aliphatic hydroxyl groups is 6. The molecule has 3 atom stereocenters. The van der Waals surface area contributed by atoms with Crippen molar-refractivity contribution in [2.24, 2.45) is 27.1 Å². The van der Waals surface area contributed by atoms with Crippen LogP contribution in [0, 0.1) is 27.1 Å². The Balaban J connectivity index is 5.98. The second-order valence-electron chi connectivity index (χ2n) is 11.8. The molecule has 0 aliphatic heterocycles. The standard InChI is InChI=1S/C27H46O16/c1-7-39-20(36)25(4,12-32)14-41-22(38)27(6,16-42-19(35)24(3,10-30)11-31)17-43-21(37)26(5,13-33)15-40-18(34)23(2,8-28)9-29/h28-33H,7-17H2,1-6H3. The number of aliphatic hydroxyl groups excluding tert-OH is 6. The summed E-state index contributed by atoms with van der Waals surface area (Å²) in [5.74, 6) is -5.33. The molecule has 0 fully saturated rings. The van der Waals surface area contributed by atoms with E-state index in [0.717, 1.165) is 0 Å². The minimum atomic E-state index is -1.97. The molecule has 0 heterocycles. The van der Waals surface area contributed by atoms with Crippen molar-refractivity contribution >= 4 is 29.8 Å². The van der Waals surface area contributed by atoms with Crippen LogP contribution in [0.25, 0.3) is 0 Å². The van der Waals surface area contributed by atoms with Gasteiger partial charge in [-0.15, -0.1) is 0 Å². The first kappa shape index (κ1) is 40.1. The van der Waals surface area contributed by atoms with Crippen molar-refractivity contribution in [1.82, 2.24) is 0 Å². The number of rotatable bonds is 20.